The van der Waals surface area contributed by atoms with Crippen LogP contribution in [0.2, 0.25) is 0 Å². The van der Waals surface area contributed by atoms with E-state index in [0.29, 0.717) is 5.91 Å². The van der Waals surface area contributed by atoms with Crippen molar-refractivity contribution < 1.29 is 4.79 Å². The number of hydrogen-bond acceptors (Lipinski definition) is 3. The SMILES string of the molecule is CCCN(CC)CCN1C(=O)C2(CCCC2)NC1C. The van der Waals surface area contributed by atoms with Gasteiger partial charge in [-0.05, 0) is 39.3 Å². The molecule has 2 fully saturated rings. The van der Waals surface area contributed by atoms with Gasteiger partial charge in [0.25, 0.3) is 0 Å². The van der Waals surface area contributed by atoms with Crippen molar-refractivity contribution in [1.82, 2.24) is 15.1 Å². The quantitative estimate of drug-likeness (QED) is 0.797. The predicted molar refractivity (Wildman–Crippen MR) is 77.9 cm³/mol. The van der Waals surface area contributed by atoms with Crippen molar-refractivity contribution in [3.63, 3.8) is 0 Å². The number of rotatable bonds is 6. The lowest BCUT2D eigenvalue weighted by Gasteiger charge is -2.26. The minimum Gasteiger partial charge on any atom is -0.325 e. The molecule has 2 rings (SSSR count). The van der Waals surface area contributed by atoms with Crippen molar-refractivity contribution in [3.05, 3.63) is 0 Å². The molecule has 4 heteroatoms. The summed E-state index contributed by atoms with van der Waals surface area (Å²) in [6.07, 6.45) is 5.82. The average Bonchev–Trinajstić information content (AvgIpc) is 2.94. The van der Waals surface area contributed by atoms with Crippen LogP contribution in [0.15, 0.2) is 0 Å². The average molecular weight is 267 g/mol. The second-order valence-corrected chi connectivity index (χ2v) is 6.04. The Morgan fingerprint density at radius 1 is 1.32 bits per heavy atom. The minimum absolute atomic E-state index is 0.200. The van der Waals surface area contributed by atoms with Crippen LogP contribution in [0.3, 0.4) is 0 Å². The maximum atomic E-state index is 12.6. The molecule has 110 valence electrons. The van der Waals surface area contributed by atoms with E-state index in [4.69, 9.17) is 0 Å². The third-order valence-corrected chi connectivity index (χ3v) is 4.72. The summed E-state index contributed by atoms with van der Waals surface area (Å²) >= 11 is 0. The highest BCUT2D eigenvalue weighted by atomic mass is 16.2. The molecule has 1 aliphatic heterocycles. The van der Waals surface area contributed by atoms with Gasteiger partial charge >= 0.3 is 0 Å². The van der Waals surface area contributed by atoms with Gasteiger partial charge < -0.3 is 9.80 Å². The molecule has 1 saturated carbocycles. The van der Waals surface area contributed by atoms with Crippen molar-refractivity contribution in [3.8, 4) is 0 Å². The van der Waals surface area contributed by atoms with E-state index in [0.717, 1.165) is 39.0 Å². The number of carbonyl (C=O) groups excluding carboxylic acids is 1. The second-order valence-electron chi connectivity index (χ2n) is 6.04. The maximum Gasteiger partial charge on any atom is 0.244 e. The lowest BCUT2D eigenvalue weighted by molar-refractivity contribution is -0.133. The van der Waals surface area contributed by atoms with E-state index >= 15 is 0 Å². The normalized spacial score (nSPS) is 26.0. The smallest absolute Gasteiger partial charge is 0.244 e. The van der Waals surface area contributed by atoms with E-state index in [1.165, 1.54) is 19.3 Å². The highest BCUT2D eigenvalue weighted by Gasteiger charge is 2.50. The van der Waals surface area contributed by atoms with Gasteiger partial charge in [-0.2, -0.15) is 0 Å². The van der Waals surface area contributed by atoms with Gasteiger partial charge in [-0.1, -0.05) is 26.7 Å². The first-order valence-corrected chi connectivity index (χ1v) is 7.94. The summed E-state index contributed by atoms with van der Waals surface area (Å²) in [7, 11) is 0. The standard InChI is InChI=1S/C15H29N3O/c1-4-10-17(5-2)11-12-18-13(3)16-15(14(18)19)8-6-7-9-15/h13,16H,4-12H2,1-3H3. The largest absolute Gasteiger partial charge is 0.325 e. The molecule has 1 N–H and O–H groups in total. The predicted octanol–water partition coefficient (Wildman–Crippen LogP) is 1.81. The number of nitrogens with one attached hydrogen (secondary N) is 1. The van der Waals surface area contributed by atoms with Crippen LogP contribution in [0.5, 0.6) is 0 Å². The third kappa shape index (κ3) is 2.95. The first-order valence-electron chi connectivity index (χ1n) is 7.94. The van der Waals surface area contributed by atoms with Crippen molar-refractivity contribution in [2.75, 3.05) is 26.2 Å². The zero-order valence-corrected chi connectivity index (χ0v) is 12.7. The van der Waals surface area contributed by atoms with E-state index in [2.05, 4.69) is 35.9 Å². The van der Waals surface area contributed by atoms with Crippen LogP contribution in [0.4, 0.5) is 0 Å². The van der Waals surface area contributed by atoms with E-state index in [9.17, 15) is 4.79 Å². The molecule has 0 aromatic heterocycles. The van der Waals surface area contributed by atoms with Crippen LogP contribution in [-0.4, -0.2) is 53.6 Å². The Hall–Kier alpha value is -0.610. The van der Waals surface area contributed by atoms with Crippen molar-refractivity contribution in [2.24, 2.45) is 0 Å². The van der Waals surface area contributed by atoms with E-state index in [-0.39, 0.29) is 11.7 Å². The number of carbonyl (C=O) groups is 1. The highest BCUT2D eigenvalue weighted by molar-refractivity contribution is 5.89. The molecular formula is C15H29N3O. The summed E-state index contributed by atoms with van der Waals surface area (Å²) in [5.74, 6) is 0.352. The van der Waals surface area contributed by atoms with E-state index < -0.39 is 0 Å². The molecule has 19 heavy (non-hydrogen) atoms. The topological polar surface area (TPSA) is 35.6 Å². The zero-order valence-electron chi connectivity index (χ0n) is 12.7. The summed E-state index contributed by atoms with van der Waals surface area (Å²) in [6, 6.07) is 0. The fourth-order valence-corrected chi connectivity index (χ4v) is 3.62. The van der Waals surface area contributed by atoms with Gasteiger partial charge in [0.2, 0.25) is 5.91 Å². The van der Waals surface area contributed by atoms with Crippen LogP contribution >= 0.6 is 0 Å². The molecule has 1 atom stereocenters. The Kier molecular flexibility index (Phi) is 4.85. The lowest BCUT2D eigenvalue weighted by atomic mass is 9.98. The Labute approximate surface area is 117 Å². The molecule has 2 aliphatic rings. The van der Waals surface area contributed by atoms with E-state index in [1.807, 2.05) is 0 Å². The van der Waals surface area contributed by atoms with Crippen molar-refractivity contribution in [2.45, 2.75) is 64.6 Å². The van der Waals surface area contributed by atoms with Gasteiger partial charge in [0, 0.05) is 13.1 Å². The molecule has 1 unspecified atom stereocenters. The van der Waals surface area contributed by atoms with Gasteiger partial charge in [-0.25, -0.2) is 0 Å². The van der Waals surface area contributed by atoms with Gasteiger partial charge in [0.05, 0.1) is 11.7 Å². The Morgan fingerprint density at radius 3 is 2.58 bits per heavy atom. The Morgan fingerprint density at radius 2 is 2.00 bits per heavy atom. The number of amides is 1. The molecule has 0 radical (unpaired) electrons. The number of hydrogen-bond donors (Lipinski definition) is 1. The van der Waals surface area contributed by atoms with Crippen molar-refractivity contribution in [1.29, 1.82) is 0 Å². The molecule has 1 aliphatic carbocycles. The Balaban J connectivity index is 1.91. The van der Waals surface area contributed by atoms with Crippen LogP contribution in [-0.2, 0) is 4.79 Å². The summed E-state index contributed by atoms with van der Waals surface area (Å²) in [4.78, 5) is 17.1. The molecule has 0 aromatic rings. The summed E-state index contributed by atoms with van der Waals surface area (Å²) < 4.78 is 0. The van der Waals surface area contributed by atoms with Gasteiger partial charge in [0.15, 0.2) is 0 Å². The van der Waals surface area contributed by atoms with Crippen molar-refractivity contribution >= 4 is 5.91 Å². The first kappa shape index (κ1) is 14.8. The molecular weight excluding hydrogens is 238 g/mol. The summed E-state index contributed by atoms with van der Waals surface area (Å²) in [5.41, 5.74) is -0.207. The van der Waals surface area contributed by atoms with Gasteiger partial charge in [0.1, 0.15) is 0 Å². The lowest BCUT2D eigenvalue weighted by Crippen LogP contribution is -2.44. The van der Waals surface area contributed by atoms with Crippen LogP contribution in [0.25, 0.3) is 0 Å². The van der Waals surface area contributed by atoms with Gasteiger partial charge in [-0.15, -0.1) is 0 Å². The fraction of sp³-hybridized carbons (Fsp3) is 0.933. The maximum absolute atomic E-state index is 12.6. The molecule has 1 saturated heterocycles. The highest BCUT2D eigenvalue weighted by Crippen LogP contribution is 2.36. The Bertz CT molecular complexity index is 313. The van der Waals surface area contributed by atoms with Crippen LogP contribution in [0.1, 0.15) is 52.9 Å². The molecule has 0 bridgehead atoms. The van der Waals surface area contributed by atoms with Gasteiger partial charge in [-0.3, -0.25) is 10.1 Å². The number of likely N-dealkylation sites (N-methyl/N-ethyl adjacent to an activating group) is 1. The van der Waals surface area contributed by atoms with Crippen LogP contribution < -0.4 is 5.32 Å². The molecule has 0 aromatic carbocycles. The second kappa shape index (κ2) is 6.23. The number of nitrogens with zero attached hydrogens (tertiary/aromatic N) is 2. The summed E-state index contributed by atoms with van der Waals surface area (Å²) in [6.45, 7) is 10.6. The minimum atomic E-state index is -0.207. The fourth-order valence-electron chi connectivity index (χ4n) is 3.62. The zero-order chi connectivity index (χ0) is 13.9. The monoisotopic (exact) mass is 267 g/mol. The van der Waals surface area contributed by atoms with E-state index in [1.54, 1.807) is 0 Å². The third-order valence-electron chi connectivity index (χ3n) is 4.72. The first-order chi connectivity index (χ1) is 9.13. The van der Waals surface area contributed by atoms with Crippen LogP contribution in [0, 0.1) is 0 Å². The molecule has 4 nitrogen and oxygen atoms in total. The molecule has 1 spiro atoms. The summed E-state index contributed by atoms with van der Waals surface area (Å²) in [5, 5.41) is 3.56. The molecule has 1 heterocycles. The molecule has 1 amide bonds.